The van der Waals surface area contributed by atoms with Crippen molar-refractivity contribution in [1.29, 1.82) is 0 Å². The summed E-state index contributed by atoms with van der Waals surface area (Å²) >= 11 is 0. The highest BCUT2D eigenvalue weighted by Gasteiger charge is 2.23. The van der Waals surface area contributed by atoms with Crippen LogP contribution in [0.2, 0.25) is 0 Å². The molecule has 0 atom stereocenters. The Kier molecular flexibility index (Phi) is 5.90. The largest absolute Gasteiger partial charge is 0.356 e. The number of rotatable bonds is 6. The van der Waals surface area contributed by atoms with Gasteiger partial charge in [-0.05, 0) is 55.3 Å². The Morgan fingerprint density at radius 2 is 1.74 bits per heavy atom. The van der Waals surface area contributed by atoms with E-state index in [-0.39, 0.29) is 10.8 Å². The molecule has 1 aromatic heterocycles. The minimum absolute atomic E-state index is 0.0996. The number of benzene rings is 2. The molecule has 1 aliphatic heterocycles. The van der Waals surface area contributed by atoms with Gasteiger partial charge in [-0.1, -0.05) is 24.3 Å². The van der Waals surface area contributed by atoms with Gasteiger partial charge in [-0.3, -0.25) is 9.10 Å². The smallest absolute Gasteiger partial charge is 0.264 e. The minimum atomic E-state index is -3.77. The first-order chi connectivity index (χ1) is 15.0. The van der Waals surface area contributed by atoms with Crippen LogP contribution >= 0.6 is 0 Å². The van der Waals surface area contributed by atoms with Crippen LogP contribution in [0.3, 0.4) is 0 Å². The van der Waals surface area contributed by atoms with Crippen LogP contribution in [0.15, 0.2) is 77.8 Å². The van der Waals surface area contributed by atoms with E-state index in [9.17, 15) is 13.2 Å². The van der Waals surface area contributed by atoms with Gasteiger partial charge >= 0.3 is 0 Å². The first-order valence-corrected chi connectivity index (χ1v) is 11.6. The summed E-state index contributed by atoms with van der Waals surface area (Å²) in [6, 6.07) is 18.6. The van der Waals surface area contributed by atoms with E-state index in [0.717, 1.165) is 25.9 Å². The van der Waals surface area contributed by atoms with Gasteiger partial charge in [0.25, 0.3) is 15.9 Å². The van der Waals surface area contributed by atoms with E-state index in [0.29, 0.717) is 22.8 Å². The molecular weight excluding hydrogens is 412 g/mol. The van der Waals surface area contributed by atoms with Crippen molar-refractivity contribution in [2.75, 3.05) is 34.7 Å². The third-order valence-electron chi connectivity index (χ3n) is 5.31. The number of nitrogens with one attached hydrogen (secondary N) is 1. The predicted octanol–water partition coefficient (Wildman–Crippen LogP) is 3.76. The summed E-state index contributed by atoms with van der Waals surface area (Å²) in [5, 5.41) is 2.82. The van der Waals surface area contributed by atoms with Gasteiger partial charge in [-0.2, -0.15) is 0 Å². The lowest BCUT2D eigenvalue weighted by atomic mass is 10.2. The maximum atomic E-state index is 13.1. The molecule has 1 fully saturated rings. The van der Waals surface area contributed by atoms with E-state index in [4.69, 9.17) is 0 Å². The molecule has 0 unspecified atom stereocenters. The zero-order chi connectivity index (χ0) is 21.8. The van der Waals surface area contributed by atoms with Crippen LogP contribution in [-0.4, -0.2) is 39.4 Å². The standard InChI is InChI=1S/C23H24N4O3S/c1-26(19-10-3-2-4-11-19)31(29,30)20-12-7-9-18(17-20)25-23(28)21-13-8-14-24-22(21)27-15-5-6-16-27/h2-4,7-14,17H,5-6,15-16H2,1H3,(H,25,28). The average Bonchev–Trinajstić information content (AvgIpc) is 3.34. The van der Waals surface area contributed by atoms with E-state index in [1.165, 1.54) is 23.5 Å². The molecular formula is C23H24N4O3S. The number of carbonyl (C=O) groups excluding carboxylic acids is 1. The lowest BCUT2D eigenvalue weighted by Gasteiger charge is -2.20. The zero-order valence-corrected chi connectivity index (χ0v) is 18.0. The molecule has 1 N–H and O–H groups in total. The van der Waals surface area contributed by atoms with Crippen molar-refractivity contribution >= 4 is 33.1 Å². The van der Waals surface area contributed by atoms with Gasteiger partial charge in [0.15, 0.2) is 0 Å². The molecule has 2 heterocycles. The maximum Gasteiger partial charge on any atom is 0.264 e. The molecule has 2 aromatic carbocycles. The van der Waals surface area contributed by atoms with E-state index < -0.39 is 10.0 Å². The second-order valence-corrected chi connectivity index (χ2v) is 9.33. The molecule has 1 aliphatic rings. The molecule has 4 rings (SSSR count). The molecule has 0 spiro atoms. The lowest BCUT2D eigenvalue weighted by Crippen LogP contribution is -2.26. The van der Waals surface area contributed by atoms with Crippen molar-refractivity contribution in [3.8, 4) is 0 Å². The number of amides is 1. The second kappa shape index (κ2) is 8.77. The average molecular weight is 437 g/mol. The Morgan fingerprint density at radius 1 is 1.00 bits per heavy atom. The summed E-state index contributed by atoms with van der Waals surface area (Å²) in [4.78, 5) is 19.6. The Bertz CT molecular complexity index is 1180. The van der Waals surface area contributed by atoms with Crippen LogP contribution in [0, 0.1) is 0 Å². The van der Waals surface area contributed by atoms with E-state index in [1.54, 1.807) is 54.7 Å². The number of para-hydroxylation sites is 1. The second-order valence-electron chi connectivity index (χ2n) is 7.36. The number of nitrogens with zero attached hydrogens (tertiary/aromatic N) is 3. The molecule has 160 valence electrons. The first kappa shape index (κ1) is 20.9. The third kappa shape index (κ3) is 4.39. The topological polar surface area (TPSA) is 82.6 Å². The molecule has 8 heteroatoms. The predicted molar refractivity (Wildman–Crippen MR) is 122 cm³/mol. The maximum absolute atomic E-state index is 13.1. The summed E-state index contributed by atoms with van der Waals surface area (Å²) < 4.78 is 27.4. The summed E-state index contributed by atoms with van der Waals surface area (Å²) in [5.74, 6) is 0.339. The van der Waals surface area contributed by atoms with Crippen LogP contribution in [0.5, 0.6) is 0 Å². The van der Waals surface area contributed by atoms with Crippen LogP contribution < -0.4 is 14.5 Å². The van der Waals surface area contributed by atoms with Gasteiger partial charge in [-0.25, -0.2) is 13.4 Å². The van der Waals surface area contributed by atoms with Gasteiger partial charge < -0.3 is 10.2 Å². The monoisotopic (exact) mass is 436 g/mol. The molecule has 1 amide bonds. The summed E-state index contributed by atoms with van der Waals surface area (Å²) in [6.45, 7) is 1.74. The Labute approximate surface area is 182 Å². The van der Waals surface area contributed by atoms with Crippen LogP contribution in [0.1, 0.15) is 23.2 Å². The van der Waals surface area contributed by atoms with Crippen molar-refractivity contribution in [3.63, 3.8) is 0 Å². The Morgan fingerprint density at radius 3 is 2.48 bits per heavy atom. The van der Waals surface area contributed by atoms with E-state index in [1.807, 2.05) is 6.07 Å². The zero-order valence-electron chi connectivity index (χ0n) is 17.2. The quantitative estimate of drug-likeness (QED) is 0.636. The number of aromatic nitrogens is 1. The SMILES string of the molecule is CN(c1ccccc1)S(=O)(=O)c1cccc(NC(=O)c2cccnc2N2CCCC2)c1. The molecule has 1 saturated heterocycles. The fourth-order valence-corrected chi connectivity index (χ4v) is 4.86. The van der Waals surface area contributed by atoms with E-state index >= 15 is 0 Å². The molecule has 31 heavy (non-hydrogen) atoms. The van der Waals surface area contributed by atoms with Crippen molar-refractivity contribution in [2.24, 2.45) is 0 Å². The summed E-state index contributed by atoms with van der Waals surface area (Å²) in [6.07, 6.45) is 3.83. The number of carbonyl (C=O) groups is 1. The van der Waals surface area contributed by atoms with Crippen molar-refractivity contribution in [2.45, 2.75) is 17.7 Å². The third-order valence-corrected chi connectivity index (χ3v) is 7.09. The van der Waals surface area contributed by atoms with Crippen molar-refractivity contribution in [3.05, 3.63) is 78.5 Å². The fourth-order valence-electron chi connectivity index (χ4n) is 3.62. The Balaban J connectivity index is 1.58. The number of pyridine rings is 1. The van der Waals surface area contributed by atoms with Gasteiger partial charge in [0.05, 0.1) is 16.1 Å². The van der Waals surface area contributed by atoms with Crippen LogP contribution in [0.4, 0.5) is 17.2 Å². The van der Waals surface area contributed by atoms with Gasteiger partial charge in [0, 0.05) is 32.0 Å². The fraction of sp³-hybridized carbons (Fsp3) is 0.217. The molecule has 3 aromatic rings. The normalized spacial score (nSPS) is 13.8. The Hall–Kier alpha value is -3.39. The van der Waals surface area contributed by atoms with Gasteiger partial charge in [0.1, 0.15) is 5.82 Å². The first-order valence-electron chi connectivity index (χ1n) is 10.1. The number of sulfonamides is 1. The molecule has 0 saturated carbocycles. The number of hydrogen-bond acceptors (Lipinski definition) is 5. The number of hydrogen-bond donors (Lipinski definition) is 1. The highest BCUT2D eigenvalue weighted by molar-refractivity contribution is 7.92. The molecule has 7 nitrogen and oxygen atoms in total. The minimum Gasteiger partial charge on any atom is -0.356 e. The highest BCUT2D eigenvalue weighted by atomic mass is 32.2. The number of anilines is 3. The summed E-state index contributed by atoms with van der Waals surface area (Å²) in [7, 11) is -2.27. The van der Waals surface area contributed by atoms with Gasteiger partial charge in [-0.15, -0.1) is 0 Å². The highest BCUT2D eigenvalue weighted by Crippen LogP contribution is 2.26. The lowest BCUT2D eigenvalue weighted by molar-refractivity contribution is 0.102. The molecule has 0 aliphatic carbocycles. The van der Waals surface area contributed by atoms with Gasteiger partial charge in [0.2, 0.25) is 0 Å². The van der Waals surface area contributed by atoms with E-state index in [2.05, 4.69) is 15.2 Å². The van der Waals surface area contributed by atoms with Crippen LogP contribution in [-0.2, 0) is 10.0 Å². The van der Waals surface area contributed by atoms with Crippen molar-refractivity contribution in [1.82, 2.24) is 4.98 Å². The summed E-state index contributed by atoms with van der Waals surface area (Å²) in [5.41, 5.74) is 1.44. The molecule has 0 bridgehead atoms. The molecule has 0 radical (unpaired) electrons. The van der Waals surface area contributed by atoms with Crippen molar-refractivity contribution < 1.29 is 13.2 Å². The van der Waals surface area contributed by atoms with Crippen LogP contribution in [0.25, 0.3) is 0 Å².